The SMILES string of the molecule is CC[C@H](N)C(=O)NC1CCCN(Cc2ccccc2)C1. The van der Waals surface area contributed by atoms with Gasteiger partial charge in [-0.15, -0.1) is 0 Å². The van der Waals surface area contributed by atoms with Crippen LogP contribution in [0.25, 0.3) is 0 Å². The quantitative estimate of drug-likeness (QED) is 0.856. The minimum atomic E-state index is -0.375. The van der Waals surface area contributed by atoms with Gasteiger partial charge in [-0.3, -0.25) is 9.69 Å². The van der Waals surface area contributed by atoms with Crippen LogP contribution < -0.4 is 11.1 Å². The molecule has 1 unspecified atom stereocenters. The second-order valence-electron chi connectivity index (χ2n) is 5.58. The molecule has 2 atom stereocenters. The van der Waals surface area contributed by atoms with E-state index in [4.69, 9.17) is 5.73 Å². The second-order valence-corrected chi connectivity index (χ2v) is 5.58. The number of amides is 1. The number of benzene rings is 1. The van der Waals surface area contributed by atoms with E-state index in [1.54, 1.807) is 0 Å². The molecule has 1 aliphatic heterocycles. The predicted octanol–water partition coefficient (Wildman–Crippen LogP) is 1.50. The van der Waals surface area contributed by atoms with Crippen LogP contribution in [-0.2, 0) is 11.3 Å². The molecule has 4 nitrogen and oxygen atoms in total. The van der Waals surface area contributed by atoms with Crippen LogP contribution in [0.5, 0.6) is 0 Å². The summed E-state index contributed by atoms with van der Waals surface area (Å²) < 4.78 is 0. The lowest BCUT2D eigenvalue weighted by atomic mass is 10.0. The lowest BCUT2D eigenvalue weighted by molar-refractivity contribution is -0.123. The summed E-state index contributed by atoms with van der Waals surface area (Å²) in [5.74, 6) is -0.0148. The highest BCUT2D eigenvalue weighted by Gasteiger charge is 2.22. The minimum absolute atomic E-state index is 0.0148. The normalized spacial score (nSPS) is 21.4. The van der Waals surface area contributed by atoms with Gasteiger partial charge < -0.3 is 11.1 Å². The van der Waals surface area contributed by atoms with Crippen molar-refractivity contribution in [3.8, 4) is 0 Å². The van der Waals surface area contributed by atoms with E-state index in [1.165, 1.54) is 5.56 Å². The number of piperidine rings is 1. The number of nitrogens with two attached hydrogens (primary N) is 1. The number of rotatable bonds is 5. The van der Waals surface area contributed by atoms with Crippen molar-refractivity contribution in [2.75, 3.05) is 13.1 Å². The molecule has 0 saturated carbocycles. The van der Waals surface area contributed by atoms with E-state index < -0.39 is 0 Å². The molecule has 2 rings (SSSR count). The zero-order valence-electron chi connectivity index (χ0n) is 12.2. The Morgan fingerprint density at radius 2 is 2.20 bits per heavy atom. The monoisotopic (exact) mass is 275 g/mol. The molecule has 4 heteroatoms. The molecule has 0 spiro atoms. The van der Waals surface area contributed by atoms with E-state index in [9.17, 15) is 4.79 Å². The van der Waals surface area contributed by atoms with E-state index in [1.807, 2.05) is 13.0 Å². The van der Waals surface area contributed by atoms with E-state index in [-0.39, 0.29) is 18.0 Å². The molecule has 1 aromatic rings. The van der Waals surface area contributed by atoms with E-state index in [0.717, 1.165) is 32.5 Å². The Morgan fingerprint density at radius 1 is 1.45 bits per heavy atom. The Bertz CT molecular complexity index is 421. The smallest absolute Gasteiger partial charge is 0.237 e. The average Bonchev–Trinajstić information content (AvgIpc) is 2.47. The molecule has 110 valence electrons. The van der Waals surface area contributed by atoms with Gasteiger partial charge in [-0.2, -0.15) is 0 Å². The lowest BCUT2D eigenvalue weighted by Gasteiger charge is -2.33. The van der Waals surface area contributed by atoms with Crippen molar-refractivity contribution in [3.63, 3.8) is 0 Å². The summed E-state index contributed by atoms with van der Waals surface area (Å²) in [5.41, 5.74) is 7.09. The summed E-state index contributed by atoms with van der Waals surface area (Å²) >= 11 is 0. The number of carbonyl (C=O) groups is 1. The molecule has 0 radical (unpaired) electrons. The van der Waals surface area contributed by atoms with Crippen LogP contribution in [-0.4, -0.2) is 36.0 Å². The molecule has 0 aliphatic carbocycles. The molecule has 1 saturated heterocycles. The maximum atomic E-state index is 11.9. The number of hydrogen-bond donors (Lipinski definition) is 2. The van der Waals surface area contributed by atoms with E-state index in [0.29, 0.717) is 6.42 Å². The average molecular weight is 275 g/mol. The fourth-order valence-corrected chi connectivity index (χ4v) is 2.65. The Morgan fingerprint density at radius 3 is 2.90 bits per heavy atom. The highest BCUT2D eigenvalue weighted by atomic mass is 16.2. The molecule has 1 aliphatic rings. The largest absolute Gasteiger partial charge is 0.351 e. The van der Waals surface area contributed by atoms with Gasteiger partial charge in [-0.1, -0.05) is 37.3 Å². The second kappa shape index (κ2) is 7.41. The van der Waals surface area contributed by atoms with Gasteiger partial charge in [-0.05, 0) is 31.4 Å². The maximum absolute atomic E-state index is 11.9. The fourth-order valence-electron chi connectivity index (χ4n) is 2.65. The van der Waals surface area contributed by atoms with Gasteiger partial charge in [-0.25, -0.2) is 0 Å². The van der Waals surface area contributed by atoms with Gasteiger partial charge in [0.05, 0.1) is 6.04 Å². The van der Waals surface area contributed by atoms with Gasteiger partial charge in [0.15, 0.2) is 0 Å². The van der Waals surface area contributed by atoms with Crippen LogP contribution in [0.3, 0.4) is 0 Å². The molecular weight excluding hydrogens is 250 g/mol. The summed E-state index contributed by atoms with van der Waals surface area (Å²) in [6.45, 7) is 4.90. The highest BCUT2D eigenvalue weighted by molar-refractivity contribution is 5.81. The third-order valence-electron chi connectivity index (χ3n) is 3.88. The van der Waals surface area contributed by atoms with Crippen molar-refractivity contribution in [2.45, 2.75) is 44.8 Å². The molecular formula is C16H25N3O. The zero-order valence-corrected chi connectivity index (χ0v) is 12.2. The minimum Gasteiger partial charge on any atom is -0.351 e. The van der Waals surface area contributed by atoms with Crippen molar-refractivity contribution in [1.82, 2.24) is 10.2 Å². The summed E-state index contributed by atoms with van der Waals surface area (Å²) in [4.78, 5) is 14.3. The first kappa shape index (κ1) is 15.0. The maximum Gasteiger partial charge on any atom is 0.237 e. The van der Waals surface area contributed by atoms with Crippen LogP contribution >= 0.6 is 0 Å². The van der Waals surface area contributed by atoms with Gasteiger partial charge in [0.1, 0.15) is 0 Å². The molecule has 3 N–H and O–H groups in total. The van der Waals surface area contributed by atoms with Gasteiger partial charge >= 0.3 is 0 Å². The van der Waals surface area contributed by atoms with Gasteiger partial charge in [0, 0.05) is 19.1 Å². The fraction of sp³-hybridized carbons (Fsp3) is 0.562. The van der Waals surface area contributed by atoms with Crippen LogP contribution in [0.4, 0.5) is 0 Å². The molecule has 1 heterocycles. The Hall–Kier alpha value is -1.39. The van der Waals surface area contributed by atoms with Gasteiger partial charge in [0.2, 0.25) is 5.91 Å². The topological polar surface area (TPSA) is 58.4 Å². The molecule has 0 bridgehead atoms. The highest BCUT2D eigenvalue weighted by Crippen LogP contribution is 2.13. The predicted molar refractivity (Wildman–Crippen MR) is 81.2 cm³/mol. The number of carbonyl (C=O) groups excluding carboxylic acids is 1. The Balaban J connectivity index is 1.84. The Labute approximate surface area is 121 Å². The van der Waals surface area contributed by atoms with Crippen molar-refractivity contribution >= 4 is 5.91 Å². The molecule has 1 aromatic carbocycles. The first-order chi connectivity index (χ1) is 9.69. The first-order valence-corrected chi connectivity index (χ1v) is 7.51. The standard InChI is InChI=1S/C16H25N3O/c1-2-15(17)16(20)18-14-9-6-10-19(12-14)11-13-7-4-3-5-8-13/h3-5,7-8,14-15H,2,6,9-12,17H2,1H3,(H,18,20)/t14?,15-/m0/s1. The lowest BCUT2D eigenvalue weighted by Crippen LogP contribution is -2.51. The number of likely N-dealkylation sites (tertiary alicyclic amines) is 1. The third-order valence-corrected chi connectivity index (χ3v) is 3.88. The molecule has 0 aromatic heterocycles. The number of nitrogens with one attached hydrogen (secondary N) is 1. The third kappa shape index (κ3) is 4.32. The number of hydrogen-bond acceptors (Lipinski definition) is 3. The van der Waals surface area contributed by atoms with Crippen molar-refractivity contribution in [1.29, 1.82) is 0 Å². The van der Waals surface area contributed by atoms with Crippen molar-refractivity contribution in [2.24, 2.45) is 5.73 Å². The van der Waals surface area contributed by atoms with E-state index in [2.05, 4.69) is 34.5 Å². The van der Waals surface area contributed by atoms with Gasteiger partial charge in [0.25, 0.3) is 0 Å². The molecule has 1 amide bonds. The first-order valence-electron chi connectivity index (χ1n) is 7.51. The summed E-state index contributed by atoms with van der Waals surface area (Å²) in [7, 11) is 0. The zero-order chi connectivity index (χ0) is 14.4. The van der Waals surface area contributed by atoms with Crippen molar-refractivity contribution < 1.29 is 4.79 Å². The molecule has 20 heavy (non-hydrogen) atoms. The van der Waals surface area contributed by atoms with Crippen LogP contribution in [0.2, 0.25) is 0 Å². The summed E-state index contributed by atoms with van der Waals surface area (Å²) in [6.07, 6.45) is 2.86. The van der Waals surface area contributed by atoms with E-state index >= 15 is 0 Å². The van der Waals surface area contributed by atoms with Crippen LogP contribution in [0.1, 0.15) is 31.7 Å². The Kier molecular flexibility index (Phi) is 5.56. The van der Waals surface area contributed by atoms with Crippen molar-refractivity contribution in [3.05, 3.63) is 35.9 Å². The molecule has 1 fully saturated rings. The van der Waals surface area contributed by atoms with Crippen LogP contribution in [0, 0.1) is 0 Å². The summed E-state index contributed by atoms with van der Waals surface area (Å²) in [5, 5.41) is 3.08. The summed E-state index contributed by atoms with van der Waals surface area (Å²) in [6, 6.07) is 10.3. The number of nitrogens with zero attached hydrogens (tertiary/aromatic N) is 1. The van der Waals surface area contributed by atoms with Crippen LogP contribution in [0.15, 0.2) is 30.3 Å².